The van der Waals surface area contributed by atoms with E-state index >= 15 is 0 Å². The predicted molar refractivity (Wildman–Crippen MR) is 149 cm³/mol. The van der Waals surface area contributed by atoms with E-state index in [4.69, 9.17) is 4.74 Å². The zero-order chi connectivity index (χ0) is 28.7. The van der Waals surface area contributed by atoms with Crippen molar-refractivity contribution in [3.05, 3.63) is 35.9 Å². The van der Waals surface area contributed by atoms with E-state index in [2.05, 4.69) is 24.1 Å². The Hall–Kier alpha value is -2.94. The van der Waals surface area contributed by atoms with Crippen molar-refractivity contribution in [3.63, 3.8) is 0 Å². The number of rotatable bonds is 11. The number of benzene rings is 1. The van der Waals surface area contributed by atoms with Crippen LogP contribution in [-0.4, -0.2) is 89.7 Å². The minimum atomic E-state index is -0.649. The van der Waals surface area contributed by atoms with Crippen molar-refractivity contribution in [2.75, 3.05) is 26.7 Å². The Labute approximate surface area is 233 Å². The largest absolute Gasteiger partial charge is 0.459 e. The summed E-state index contributed by atoms with van der Waals surface area (Å²) in [5, 5.41) is 2.70. The zero-order valence-electron chi connectivity index (χ0n) is 24.4. The van der Waals surface area contributed by atoms with Gasteiger partial charge in [-0.3, -0.25) is 19.3 Å². The number of hydrogen-bond donors (Lipinski definition) is 1. The molecule has 9 nitrogen and oxygen atoms in total. The predicted octanol–water partition coefficient (Wildman–Crippen LogP) is 2.83. The first-order chi connectivity index (χ1) is 18.5. The second kappa shape index (κ2) is 13.4. The lowest BCUT2D eigenvalue weighted by molar-refractivity contribution is -0.156. The number of hydrogen-bond acceptors (Lipinski definition) is 6. The molecule has 2 saturated heterocycles. The van der Waals surface area contributed by atoms with Crippen LogP contribution in [0.3, 0.4) is 0 Å². The highest BCUT2D eigenvalue weighted by Crippen LogP contribution is 2.28. The van der Waals surface area contributed by atoms with Gasteiger partial charge in [-0.15, -0.1) is 0 Å². The molecule has 0 aromatic heterocycles. The first-order valence-corrected chi connectivity index (χ1v) is 14.2. The lowest BCUT2D eigenvalue weighted by Crippen LogP contribution is -2.58. The molecule has 0 bridgehead atoms. The summed E-state index contributed by atoms with van der Waals surface area (Å²) in [6.45, 7) is 12.0. The Morgan fingerprint density at radius 3 is 2.33 bits per heavy atom. The van der Waals surface area contributed by atoms with Gasteiger partial charge in [0.05, 0.1) is 6.04 Å². The third kappa shape index (κ3) is 7.59. The zero-order valence-corrected chi connectivity index (χ0v) is 24.4. The molecule has 216 valence electrons. The number of amides is 3. The molecule has 1 aromatic rings. The van der Waals surface area contributed by atoms with Crippen LogP contribution in [0.1, 0.15) is 65.9 Å². The molecule has 4 atom stereocenters. The van der Waals surface area contributed by atoms with E-state index in [0.717, 1.165) is 31.4 Å². The van der Waals surface area contributed by atoms with Gasteiger partial charge in [-0.05, 0) is 49.1 Å². The third-order valence-corrected chi connectivity index (χ3v) is 8.06. The van der Waals surface area contributed by atoms with E-state index in [0.29, 0.717) is 25.9 Å². The Balaban J connectivity index is 1.68. The number of nitrogens with zero attached hydrogens (tertiary/aromatic N) is 3. The fraction of sp³-hybridized carbons (Fsp3) is 0.667. The topological polar surface area (TPSA) is 99.3 Å². The summed E-state index contributed by atoms with van der Waals surface area (Å²) in [5.74, 6) is -0.385. The van der Waals surface area contributed by atoms with Crippen molar-refractivity contribution in [3.8, 4) is 0 Å². The molecule has 3 amide bonds. The summed E-state index contributed by atoms with van der Waals surface area (Å²) in [5.41, 5.74) is 0.471. The second-order valence-electron chi connectivity index (χ2n) is 12.3. The van der Waals surface area contributed by atoms with Gasteiger partial charge in [0.2, 0.25) is 18.2 Å². The van der Waals surface area contributed by atoms with Crippen molar-refractivity contribution < 1.29 is 23.9 Å². The summed E-state index contributed by atoms with van der Waals surface area (Å²) in [6, 6.07) is 7.86. The van der Waals surface area contributed by atoms with Crippen LogP contribution in [0.5, 0.6) is 0 Å². The molecule has 0 aliphatic carbocycles. The number of ether oxygens (including phenoxy) is 1. The fourth-order valence-electron chi connectivity index (χ4n) is 5.76. The molecule has 9 heteroatoms. The maximum atomic E-state index is 13.8. The van der Waals surface area contributed by atoms with Gasteiger partial charge >= 0.3 is 5.97 Å². The van der Waals surface area contributed by atoms with Gasteiger partial charge in [0, 0.05) is 26.2 Å². The molecule has 3 rings (SSSR count). The minimum Gasteiger partial charge on any atom is -0.459 e. The van der Waals surface area contributed by atoms with Crippen molar-refractivity contribution in [1.29, 1.82) is 0 Å². The monoisotopic (exact) mass is 542 g/mol. The van der Waals surface area contributed by atoms with Gasteiger partial charge in [0.1, 0.15) is 18.7 Å². The Bertz CT molecular complexity index is 993. The maximum Gasteiger partial charge on any atom is 0.329 e. The number of carbonyl (C=O) groups excluding carboxylic acids is 4. The van der Waals surface area contributed by atoms with Gasteiger partial charge in [0.25, 0.3) is 0 Å². The molecule has 1 aromatic carbocycles. The summed E-state index contributed by atoms with van der Waals surface area (Å²) in [7, 11) is 1.78. The highest BCUT2D eigenvalue weighted by Gasteiger charge is 2.43. The fourth-order valence-corrected chi connectivity index (χ4v) is 5.76. The quantitative estimate of drug-likeness (QED) is 0.341. The maximum absolute atomic E-state index is 13.8. The van der Waals surface area contributed by atoms with E-state index < -0.39 is 17.5 Å². The average molecular weight is 543 g/mol. The summed E-state index contributed by atoms with van der Waals surface area (Å²) in [6.07, 6.45) is 3.57. The van der Waals surface area contributed by atoms with E-state index in [1.165, 1.54) is 0 Å². The number of carbonyl (C=O) groups is 4. The second-order valence-corrected chi connectivity index (χ2v) is 12.3. The summed E-state index contributed by atoms with van der Waals surface area (Å²) >= 11 is 0. The van der Waals surface area contributed by atoms with E-state index in [-0.39, 0.29) is 42.4 Å². The van der Waals surface area contributed by atoms with Gasteiger partial charge in [-0.25, -0.2) is 4.79 Å². The average Bonchev–Trinajstić information content (AvgIpc) is 3.57. The van der Waals surface area contributed by atoms with Crippen LogP contribution >= 0.6 is 0 Å². The van der Waals surface area contributed by atoms with Gasteiger partial charge in [0.15, 0.2) is 0 Å². The van der Waals surface area contributed by atoms with E-state index in [1.807, 2.05) is 51.1 Å². The van der Waals surface area contributed by atoms with Crippen LogP contribution in [0.2, 0.25) is 0 Å². The van der Waals surface area contributed by atoms with E-state index in [9.17, 15) is 19.2 Å². The molecule has 1 N–H and O–H groups in total. The Kier molecular flexibility index (Phi) is 10.5. The summed E-state index contributed by atoms with van der Waals surface area (Å²) in [4.78, 5) is 57.0. The SMILES string of the molecule is CC(C)[C@@H](CN1CCC[C@H]1C(=O)N1CCCC1C(=O)OCc1ccccc1)N(C)C(=O)[C@@H](NC=O)C(C)(C)C. The van der Waals surface area contributed by atoms with Crippen molar-refractivity contribution in [2.24, 2.45) is 11.3 Å². The Morgan fingerprint density at radius 1 is 1.08 bits per heavy atom. The molecule has 2 fully saturated rings. The van der Waals surface area contributed by atoms with Crippen LogP contribution < -0.4 is 5.32 Å². The van der Waals surface area contributed by atoms with Crippen LogP contribution in [0.25, 0.3) is 0 Å². The van der Waals surface area contributed by atoms with Crippen LogP contribution in [0.15, 0.2) is 30.3 Å². The highest BCUT2D eigenvalue weighted by molar-refractivity contribution is 5.88. The standard InChI is InChI=1S/C30H46N4O5/c1-21(2)25(32(6)28(37)26(31-20-35)30(3,4)5)18-33-16-10-14-23(33)27(36)34-17-11-15-24(34)29(38)39-19-22-12-8-7-9-13-22/h7-9,12-13,20-21,23-26H,10-11,14-19H2,1-6H3,(H,31,35)/t23-,24?,25+,26+/m0/s1. The highest BCUT2D eigenvalue weighted by atomic mass is 16.5. The van der Waals surface area contributed by atoms with Gasteiger partial charge in [-0.1, -0.05) is 65.0 Å². The first-order valence-electron chi connectivity index (χ1n) is 14.2. The minimum absolute atomic E-state index is 0.0293. The van der Waals surface area contributed by atoms with E-state index in [1.54, 1.807) is 16.8 Å². The smallest absolute Gasteiger partial charge is 0.329 e. The lowest BCUT2D eigenvalue weighted by atomic mass is 9.85. The van der Waals surface area contributed by atoms with Crippen LogP contribution in [0.4, 0.5) is 0 Å². The van der Waals surface area contributed by atoms with Crippen molar-refractivity contribution >= 4 is 24.2 Å². The molecule has 0 saturated carbocycles. The number of likely N-dealkylation sites (tertiary alicyclic amines) is 2. The molecule has 0 spiro atoms. The lowest BCUT2D eigenvalue weighted by Gasteiger charge is -2.40. The van der Waals surface area contributed by atoms with Gasteiger partial charge in [-0.2, -0.15) is 0 Å². The van der Waals surface area contributed by atoms with Crippen LogP contribution in [0, 0.1) is 11.3 Å². The Morgan fingerprint density at radius 2 is 1.72 bits per heavy atom. The number of likely N-dealkylation sites (N-methyl/N-ethyl adjacent to an activating group) is 1. The van der Waals surface area contributed by atoms with Gasteiger partial charge < -0.3 is 19.9 Å². The molecule has 2 heterocycles. The number of esters is 1. The van der Waals surface area contributed by atoms with Crippen LogP contribution in [-0.2, 0) is 30.5 Å². The molecule has 2 aliphatic rings. The first kappa shape index (κ1) is 30.6. The number of nitrogens with one attached hydrogen (secondary N) is 1. The van der Waals surface area contributed by atoms with Crippen molar-refractivity contribution in [1.82, 2.24) is 20.0 Å². The van der Waals surface area contributed by atoms with Crippen molar-refractivity contribution in [2.45, 2.75) is 91.1 Å². The third-order valence-electron chi connectivity index (χ3n) is 8.06. The normalized spacial score (nSPS) is 21.5. The molecule has 39 heavy (non-hydrogen) atoms. The molecule has 1 unspecified atom stereocenters. The molecule has 2 aliphatic heterocycles. The summed E-state index contributed by atoms with van der Waals surface area (Å²) < 4.78 is 5.58. The molecular formula is C30H46N4O5. The molecular weight excluding hydrogens is 496 g/mol. The molecule has 0 radical (unpaired) electrons.